The Bertz CT molecular complexity index is 295. The molecule has 1 aromatic carbocycles. The molecule has 2 N–H and O–H groups in total. The third-order valence-corrected chi connectivity index (χ3v) is 2.37. The van der Waals surface area contributed by atoms with Gasteiger partial charge in [-0.2, -0.15) is 0 Å². The quantitative estimate of drug-likeness (QED) is 0.595. The van der Waals surface area contributed by atoms with Gasteiger partial charge in [-0.1, -0.05) is 11.6 Å². The largest absolute Gasteiger partial charge is 0.707 e. The predicted octanol–water partition coefficient (Wildman–Crippen LogP) is 1.41. The molecule has 0 radical (unpaired) electrons. The van der Waals surface area contributed by atoms with Crippen molar-refractivity contribution in [2.45, 2.75) is 4.90 Å². The average Bonchev–Trinajstić information content (AvgIpc) is 2.03. The summed E-state index contributed by atoms with van der Waals surface area (Å²) in [4.78, 5) is 0.803. The Morgan fingerprint density at radius 2 is 2.15 bits per heavy atom. The van der Waals surface area contributed by atoms with Gasteiger partial charge in [0.05, 0.1) is 0 Å². The summed E-state index contributed by atoms with van der Waals surface area (Å²) in [5, 5.41) is 17.7. The molecule has 0 atom stereocenters. The van der Waals surface area contributed by atoms with Gasteiger partial charge in [-0.15, -0.1) is 11.8 Å². The number of halogens is 1. The number of hydrogen-bond donors (Lipinski definition) is 2. The van der Waals surface area contributed by atoms with Crippen molar-refractivity contribution in [3.8, 4) is 5.75 Å². The maximum Gasteiger partial charge on any atom is 0.707 e. The highest BCUT2D eigenvalue weighted by atomic mass is 35.5. The summed E-state index contributed by atoms with van der Waals surface area (Å²) >= 11 is 7.14. The van der Waals surface area contributed by atoms with Gasteiger partial charge < -0.3 is 14.7 Å². The number of benzene rings is 1. The van der Waals surface area contributed by atoms with Gasteiger partial charge in [0.1, 0.15) is 5.75 Å². The molecule has 6 heteroatoms. The fraction of sp³-hybridized carbons (Fsp3) is 0.143. The Hall–Kier alpha value is -0.355. The fourth-order valence-corrected chi connectivity index (χ4v) is 1.53. The second kappa shape index (κ2) is 4.76. The van der Waals surface area contributed by atoms with Crippen molar-refractivity contribution < 1.29 is 14.7 Å². The molecule has 1 aromatic rings. The van der Waals surface area contributed by atoms with E-state index in [-0.39, 0.29) is 0 Å². The highest BCUT2D eigenvalue weighted by Crippen LogP contribution is 2.30. The van der Waals surface area contributed by atoms with Crippen LogP contribution >= 0.6 is 23.4 Å². The van der Waals surface area contributed by atoms with Crippen LogP contribution in [0.3, 0.4) is 0 Å². The van der Waals surface area contributed by atoms with Crippen molar-refractivity contribution in [3.05, 3.63) is 23.2 Å². The summed E-state index contributed by atoms with van der Waals surface area (Å²) in [7, 11) is -1.82. The zero-order chi connectivity index (χ0) is 9.84. The zero-order valence-electron chi connectivity index (χ0n) is 6.90. The van der Waals surface area contributed by atoms with E-state index in [1.807, 2.05) is 6.26 Å². The van der Waals surface area contributed by atoms with Gasteiger partial charge in [0.25, 0.3) is 0 Å². The van der Waals surface area contributed by atoms with Gasteiger partial charge in [0.2, 0.25) is 0 Å². The summed E-state index contributed by atoms with van der Waals surface area (Å²) in [5.41, 5.74) is 0. The summed E-state index contributed by atoms with van der Waals surface area (Å²) < 4.78 is 4.72. The van der Waals surface area contributed by atoms with Crippen molar-refractivity contribution in [2.75, 3.05) is 6.26 Å². The lowest BCUT2D eigenvalue weighted by molar-refractivity contribution is 0.285. The first-order chi connectivity index (χ1) is 6.13. The predicted molar refractivity (Wildman–Crippen MR) is 54.1 cm³/mol. The SMILES string of the molecule is CSc1ccc(Cl)cc1OB(O)O. The monoisotopic (exact) mass is 218 g/mol. The molecule has 0 fully saturated rings. The molecule has 0 unspecified atom stereocenters. The van der Waals surface area contributed by atoms with Crippen LogP contribution in [0, 0.1) is 0 Å². The van der Waals surface area contributed by atoms with E-state index in [2.05, 4.69) is 0 Å². The minimum Gasteiger partial charge on any atom is -0.511 e. The first-order valence-electron chi connectivity index (χ1n) is 3.50. The second-order valence-corrected chi connectivity index (χ2v) is 3.52. The molecule has 0 heterocycles. The maximum absolute atomic E-state index is 8.60. The Morgan fingerprint density at radius 3 is 2.69 bits per heavy atom. The van der Waals surface area contributed by atoms with Crippen LogP contribution in [0.4, 0.5) is 0 Å². The van der Waals surface area contributed by atoms with E-state index in [1.54, 1.807) is 12.1 Å². The summed E-state index contributed by atoms with van der Waals surface area (Å²) in [6.45, 7) is 0. The minimum absolute atomic E-state index is 0.370. The van der Waals surface area contributed by atoms with Crippen molar-refractivity contribution in [2.24, 2.45) is 0 Å². The molecular formula is C7H8BClO3S. The van der Waals surface area contributed by atoms with Crippen LogP contribution in [-0.2, 0) is 0 Å². The molecule has 0 aliphatic heterocycles. The van der Waals surface area contributed by atoms with Crippen LogP contribution in [-0.4, -0.2) is 23.6 Å². The van der Waals surface area contributed by atoms with Gasteiger partial charge in [0, 0.05) is 9.92 Å². The van der Waals surface area contributed by atoms with Crippen molar-refractivity contribution >= 4 is 30.7 Å². The van der Waals surface area contributed by atoms with Crippen LogP contribution in [0.5, 0.6) is 5.75 Å². The molecule has 0 saturated carbocycles. The topological polar surface area (TPSA) is 49.7 Å². The lowest BCUT2D eigenvalue weighted by Gasteiger charge is -2.08. The van der Waals surface area contributed by atoms with E-state index >= 15 is 0 Å². The Kier molecular flexibility index (Phi) is 3.93. The highest BCUT2D eigenvalue weighted by molar-refractivity contribution is 7.98. The van der Waals surface area contributed by atoms with Crippen LogP contribution < -0.4 is 4.65 Å². The van der Waals surface area contributed by atoms with Gasteiger partial charge in [-0.05, 0) is 24.5 Å². The lowest BCUT2D eigenvalue weighted by atomic mass is 10.2. The Balaban J connectivity index is 2.94. The van der Waals surface area contributed by atoms with E-state index in [0.29, 0.717) is 10.8 Å². The van der Waals surface area contributed by atoms with E-state index in [9.17, 15) is 0 Å². The molecule has 0 saturated heterocycles. The standard InChI is InChI=1S/C7H8BClO3S/c1-13-7-3-2-5(9)4-6(7)12-8(10)11/h2-4,10-11H,1H3. The van der Waals surface area contributed by atoms with Gasteiger partial charge in [-0.25, -0.2) is 0 Å². The summed E-state index contributed by atoms with van der Waals surface area (Å²) in [5.74, 6) is 0.370. The van der Waals surface area contributed by atoms with Crippen LogP contribution in [0.25, 0.3) is 0 Å². The fourth-order valence-electron chi connectivity index (χ4n) is 0.856. The van der Waals surface area contributed by atoms with Gasteiger partial charge in [-0.3, -0.25) is 0 Å². The molecule has 13 heavy (non-hydrogen) atoms. The summed E-state index contributed by atoms with van der Waals surface area (Å²) in [6.07, 6.45) is 1.86. The number of thioether (sulfide) groups is 1. The number of hydrogen-bond acceptors (Lipinski definition) is 4. The normalized spacial score (nSPS) is 9.85. The smallest absolute Gasteiger partial charge is 0.511 e. The molecule has 0 aromatic heterocycles. The molecule has 3 nitrogen and oxygen atoms in total. The molecule has 0 aliphatic rings. The van der Waals surface area contributed by atoms with Crippen molar-refractivity contribution in [1.29, 1.82) is 0 Å². The molecular weight excluding hydrogens is 210 g/mol. The summed E-state index contributed by atoms with van der Waals surface area (Å²) in [6, 6.07) is 5.00. The molecule has 0 bridgehead atoms. The van der Waals surface area contributed by atoms with Crippen molar-refractivity contribution in [1.82, 2.24) is 0 Å². The van der Waals surface area contributed by atoms with E-state index < -0.39 is 7.32 Å². The van der Waals surface area contributed by atoms with Crippen molar-refractivity contribution in [3.63, 3.8) is 0 Å². The zero-order valence-corrected chi connectivity index (χ0v) is 8.47. The van der Waals surface area contributed by atoms with Crippen LogP contribution in [0.15, 0.2) is 23.1 Å². The number of rotatable bonds is 3. The third kappa shape index (κ3) is 3.12. The molecule has 0 aliphatic carbocycles. The first-order valence-corrected chi connectivity index (χ1v) is 5.10. The molecule has 1 rings (SSSR count). The minimum atomic E-state index is -1.82. The molecule has 0 amide bonds. The van der Waals surface area contributed by atoms with Crippen LogP contribution in [0.1, 0.15) is 0 Å². The van der Waals surface area contributed by atoms with Gasteiger partial charge in [0.15, 0.2) is 0 Å². The second-order valence-electron chi connectivity index (χ2n) is 2.24. The Labute approximate surface area is 85.9 Å². The lowest BCUT2D eigenvalue weighted by Crippen LogP contribution is -2.20. The maximum atomic E-state index is 8.60. The van der Waals surface area contributed by atoms with Crippen LogP contribution in [0.2, 0.25) is 5.02 Å². The van der Waals surface area contributed by atoms with E-state index in [1.165, 1.54) is 17.8 Å². The molecule has 0 spiro atoms. The van der Waals surface area contributed by atoms with E-state index in [4.69, 9.17) is 26.3 Å². The van der Waals surface area contributed by atoms with E-state index in [0.717, 1.165) is 4.90 Å². The molecule has 70 valence electrons. The average molecular weight is 218 g/mol. The first kappa shape index (κ1) is 10.7. The highest BCUT2D eigenvalue weighted by Gasteiger charge is 2.14. The Morgan fingerprint density at radius 1 is 1.46 bits per heavy atom. The third-order valence-electron chi connectivity index (χ3n) is 1.36. The van der Waals surface area contributed by atoms with Gasteiger partial charge >= 0.3 is 7.32 Å².